The Morgan fingerprint density at radius 2 is 2.05 bits per heavy atom. The van der Waals surface area contributed by atoms with Gasteiger partial charge in [0.15, 0.2) is 0 Å². The van der Waals surface area contributed by atoms with Gasteiger partial charge in [0, 0.05) is 17.7 Å². The molecule has 0 fully saturated rings. The van der Waals surface area contributed by atoms with Crippen LogP contribution >= 0.6 is 12.2 Å². The smallest absolute Gasteiger partial charge is 0.241 e. The van der Waals surface area contributed by atoms with Crippen LogP contribution in [-0.4, -0.2) is 13.4 Å². The third kappa shape index (κ3) is 3.19. The van der Waals surface area contributed by atoms with E-state index < -0.39 is 10.0 Å². The first kappa shape index (κ1) is 13.7. The zero-order chi connectivity index (χ0) is 13.9. The van der Waals surface area contributed by atoms with Gasteiger partial charge >= 0.3 is 0 Å². The monoisotopic (exact) mass is 296 g/mol. The summed E-state index contributed by atoms with van der Waals surface area (Å²) in [7, 11) is -3.67. The van der Waals surface area contributed by atoms with Gasteiger partial charge in [-0.3, -0.25) is 0 Å². The lowest BCUT2D eigenvalue weighted by atomic mass is 10.2. The predicted octanol–water partition coefficient (Wildman–Crippen LogP) is 1.39. The van der Waals surface area contributed by atoms with Crippen molar-refractivity contribution in [2.45, 2.75) is 11.4 Å². The molecule has 2 rings (SSSR count). The van der Waals surface area contributed by atoms with E-state index in [4.69, 9.17) is 22.4 Å². The fraction of sp³-hybridized carbons (Fsp3) is 0.0833. The van der Waals surface area contributed by atoms with Gasteiger partial charge in [-0.25, -0.2) is 13.1 Å². The van der Waals surface area contributed by atoms with Crippen molar-refractivity contribution in [2.24, 2.45) is 5.73 Å². The molecule has 0 aliphatic heterocycles. The zero-order valence-electron chi connectivity index (χ0n) is 9.87. The summed E-state index contributed by atoms with van der Waals surface area (Å²) in [6.07, 6.45) is 2.95. The normalized spacial score (nSPS) is 11.4. The summed E-state index contributed by atoms with van der Waals surface area (Å²) in [6, 6.07) is 8.03. The summed E-state index contributed by atoms with van der Waals surface area (Å²) in [4.78, 5) is 0.121. The second-order valence-electron chi connectivity index (χ2n) is 3.82. The number of hydrogen-bond acceptors (Lipinski definition) is 4. The molecular weight excluding hydrogens is 284 g/mol. The van der Waals surface area contributed by atoms with Gasteiger partial charge in [0.1, 0.15) is 4.99 Å². The van der Waals surface area contributed by atoms with Gasteiger partial charge in [-0.2, -0.15) is 0 Å². The van der Waals surface area contributed by atoms with Gasteiger partial charge in [0.05, 0.1) is 17.4 Å². The number of benzene rings is 1. The molecule has 1 heterocycles. The Balaban J connectivity index is 2.27. The van der Waals surface area contributed by atoms with E-state index in [0.717, 1.165) is 5.56 Å². The molecule has 3 N–H and O–H groups in total. The molecule has 2 aromatic rings. The lowest BCUT2D eigenvalue weighted by Crippen LogP contribution is -2.26. The summed E-state index contributed by atoms with van der Waals surface area (Å²) in [5.41, 5.74) is 6.59. The van der Waals surface area contributed by atoms with Crippen molar-refractivity contribution >= 4 is 27.2 Å². The number of sulfonamides is 1. The van der Waals surface area contributed by atoms with Gasteiger partial charge < -0.3 is 10.2 Å². The zero-order valence-corrected chi connectivity index (χ0v) is 11.5. The van der Waals surface area contributed by atoms with Crippen LogP contribution in [-0.2, 0) is 16.6 Å². The summed E-state index contributed by atoms with van der Waals surface area (Å²) >= 11 is 4.85. The van der Waals surface area contributed by atoms with E-state index >= 15 is 0 Å². The molecule has 0 bridgehead atoms. The first-order chi connectivity index (χ1) is 9.00. The Hall–Kier alpha value is -1.70. The maximum Gasteiger partial charge on any atom is 0.241 e. The first-order valence-corrected chi connectivity index (χ1v) is 7.29. The molecule has 1 aromatic carbocycles. The van der Waals surface area contributed by atoms with Gasteiger partial charge in [-0.05, 0) is 12.1 Å². The number of nitrogens with two attached hydrogens (primary N) is 1. The number of rotatable bonds is 5. The van der Waals surface area contributed by atoms with Crippen molar-refractivity contribution in [1.82, 2.24) is 4.72 Å². The van der Waals surface area contributed by atoms with E-state index in [2.05, 4.69) is 4.72 Å². The van der Waals surface area contributed by atoms with Crippen LogP contribution in [0.1, 0.15) is 11.1 Å². The Morgan fingerprint density at radius 3 is 2.68 bits per heavy atom. The molecule has 0 unspecified atom stereocenters. The second kappa shape index (κ2) is 5.52. The van der Waals surface area contributed by atoms with Crippen LogP contribution < -0.4 is 10.5 Å². The second-order valence-corrected chi connectivity index (χ2v) is 5.99. The Morgan fingerprint density at radius 1 is 1.32 bits per heavy atom. The molecule has 100 valence electrons. The highest BCUT2D eigenvalue weighted by Gasteiger charge is 2.19. The molecule has 0 radical (unpaired) electrons. The van der Waals surface area contributed by atoms with Crippen molar-refractivity contribution in [2.75, 3.05) is 0 Å². The van der Waals surface area contributed by atoms with Crippen LogP contribution in [0.5, 0.6) is 0 Å². The standard InChI is InChI=1S/C12H12N2O3S2/c13-12(18)10-3-1-2-4-11(10)19(15,16)14-7-9-5-6-17-8-9/h1-6,8,14H,7H2,(H2,13,18). The SMILES string of the molecule is NC(=S)c1ccccc1S(=O)(=O)NCc1ccoc1. The minimum atomic E-state index is -3.67. The fourth-order valence-corrected chi connectivity index (χ4v) is 3.03. The predicted molar refractivity (Wildman–Crippen MR) is 75.1 cm³/mol. The molecule has 1 aromatic heterocycles. The maximum absolute atomic E-state index is 12.2. The summed E-state index contributed by atoms with van der Waals surface area (Å²) < 4.78 is 31.7. The Kier molecular flexibility index (Phi) is 3.98. The minimum Gasteiger partial charge on any atom is -0.472 e. The van der Waals surface area contributed by atoms with Gasteiger partial charge in [-0.1, -0.05) is 30.4 Å². The topological polar surface area (TPSA) is 85.3 Å². The van der Waals surface area contributed by atoms with Crippen molar-refractivity contribution in [1.29, 1.82) is 0 Å². The molecule has 19 heavy (non-hydrogen) atoms. The lowest BCUT2D eigenvalue weighted by molar-refractivity contribution is 0.561. The highest BCUT2D eigenvalue weighted by atomic mass is 32.2. The fourth-order valence-electron chi connectivity index (χ4n) is 1.55. The molecule has 0 spiro atoms. The molecule has 0 atom stereocenters. The summed E-state index contributed by atoms with van der Waals surface area (Å²) in [6.45, 7) is 0.143. The Bertz CT molecular complexity index is 679. The summed E-state index contributed by atoms with van der Waals surface area (Å²) in [5.74, 6) is 0. The van der Waals surface area contributed by atoms with Crippen molar-refractivity contribution in [3.63, 3.8) is 0 Å². The molecule has 0 aliphatic carbocycles. The van der Waals surface area contributed by atoms with Crippen molar-refractivity contribution < 1.29 is 12.8 Å². The van der Waals surface area contributed by atoms with Crippen LogP contribution in [0.4, 0.5) is 0 Å². The third-order valence-electron chi connectivity index (χ3n) is 2.49. The minimum absolute atomic E-state index is 0.0456. The van der Waals surface area contributed by atoms with Crippen LogP contribution in [0.25, 0.3) is 0 Å². The molecule has 7 heteroatoms. The van der Waals surface area contributed by atoms with E-state index in [9.17, 15) is 8.42 Å². The average Bonchev–Trinajstić information content (AvgIpc) is 2.89. The lowest BCUT2D eigenvalue weighted by Gasteiger charge is -2.09. The van der Waals surface area contributed by atoms with E-state index in [0.29, 0.717) is 5.56 Å². The molecule has 0 saturated carbocycles. The van der Waals surface area contributed by atoms with Crippen LogP contribution in [0.3, 0.4) is 0 Å². The molecule has 0 amide bonds. The third-order valence-corrected chi connectivity index (χ3v) is 4.17. The van der Waals surface area contributed by atoms with Gasteiger partial charge in [-0.15, -0.1) is 0 Å². The number of thiocarbonyl (C=S) groups is 1. The highest BCUT2D eigenvalue weighted by molar-refractivity contribution is 7.89. The van der Waals surface area contributed by atoms with Crippen molar-refractivity contribution in [3.05, 3.63) is 54.0 Å². The van der Waals surface area contributed by atoms with E-state index in [1.165, 1.54) is 18.6 Å². The van der Waals surface area contributed by atoms with E-state index in [1.807, 2.05) is 0 Å². The van der Waals surface area contributed by atoms with Gasteiger partial charge in [0.25, 0.3) is 0 Å². The molecular formula is C12H12N2O3S2. The summed E-state index contributed by atoms with van der Waals surface area (Å²) in [5, 5.41) is 0. The average molecular weight is 296 g/mol. The number of hydrogen-bond donors (Lipinski definition) is 2. The first-order valence-electron chi connectivity index (χ1n) is 5.40. The molecule has 0 aliphatic rings. The van der Waals surface area contributed by atoms with Crippen LogP contribution in [0.15, 0.2) is 52.2 Å². The van der Waals surface area contributed by atoms with E-state index in [-0.39, 0.29) is 16.4 Å². The van der Waals surface area contributed by atoms with Crippen LogP contribution in [0.2, 0.25) is 0 Å². The number of furan rings is 1. The van der Waals surface area contributed by atoms with Gasteiger partial charge in [0.2, 0.25) is 10.0 Å². The quantitative estimate of drug-likeness (QED) is 0.814. The largest absolute Gasteiger partial charge is 0.472 e. The highest BCUT2D eigenvalue weighted by Crippen LogP contribution is 2.15. The molecule has 5 nitrogen and oxygen atoms in total. The number of nitrogens with one attached hydrogen (secondary N) is 1. The van der Waals surface area contributed by atoms with Crippen LogP contribution in [0, 0.1) is 0 Å². The Labute approximate surface area is 116 Å². The van der Waals surface area contributed by atoms with E-state index in [1.54, 1.807) is 24.3 Å². The molecule has 0 saturated heterocycles. The maximum atomic E-state index is 12.2. The van der Waals surface area contributed by atoms with Crippen molar-refractivity contribution in [3.8, 4) is 0 Å².